The fraction of sp³-hybridized carbons (Fsp3) is 0.833. The zero-order chi connectivity index (χ0) is 9.07. The van der Waals surface area contributed by atoms with Crippen molar-refractivity contribution in [2.75, 3.05) is 0 Å². The monoisotopic (exact) mass is 170 g/mol. The van der Waals surface area contributed by atoms with Crippen molar-refractivity contribution in [2.24, 2.45) is 0 Å². The summed E-state index contributed by atoms with van der Waals surface area (Å²) in [5.41, 5.74) is 0. The van der Waals surface area contributed by atoms with Crippen molar-refractivity contribution in [1.29, 1.82) is 0 Å². The van der Waals surface area contributed by atoms with Crippen LogP contribution >= 0.6 is 0 Å². The van der Waals surface area contributed by atoms with Gasteiger partial charge in [0, 0.05) is 6.42 Å². The number of carboxylic acid groups (broad SMARTS) is 1. The highest BCUT2D eigenvalue weighted by Crippen LogP contribution is 2.20. The highest BCUT2D eigenvalue weighted by atomic mass is 19.3. The quantitative estimate of drug-likeness (QED) is 0.698. The molecule has 0 heterocycles. The lowest BCUT2D eigenvalue weighted by Gasteiger charge is -2.09. The standard InChI is InChI=1S/C6H9F3O2/c1-6(8,9)3-2-4(7)5(10)11/h4H,2-3H2,1H3,(H,10,11). The van der Waals surface area contributed by atoms with Crippen molar-refractivity contribution in [2.45, 2.75) is 31.9 Å². The number of halogens is 3. The summed E-state index contributed by atoms with van der Waals surface area (Å²) in [7, 11) is 0. The average molecular weight is 170 g/mol. The lowest BCUT2D eigenvalue weighted by Crippen LogP contribution is -2.19. The van der Waals surface area contributed by atoms with Gasteiger partial charge in [-0.2, -0.15) is 0 Å². The highest BCUT2D eigenvalue weighted by molar-refractivity contribution is 5.71. The first-order valence-electron chi connectivity index (χ1n) is 3.07. The normalized spacial score (nSPS) is 14.5. The van der Waals surface area contributed by atoms with Crippen LogP contribution in [0.25, 0.3) is 0 Å². The minimum absolute atomic E-state index is 0.627. The van der Waals surface area contributed by atoms with Crippen LogP contribution in [0.4, 0.5) is 13.2 Å². The summed E-state index contributed by atoms with van der Waals surface area (Å²) in [6, 6.07) is 0. The summed E-state index contributed by atoms with van der Waals surface area (Å²) < 4.78 is 36.1. The van der Waals surface area contributed by atoms with Gasteiger partial charge in [0.2, 0.25) is 5.92 Å². The van der Waals surface area contributed by atoms with Crippen molar-refractivity contribution in [3.05, 3.63) is 0 Å². The second-order valence-corrected chi connectivity index (χ2v) is 2.41. The molecule has 5 heteroatoms. The van der Waals surface area contributed by atoms with Crippen molar-refractivity contribution in [3.8, 4) is 0 Å². The fourth-order valence-corrected chi connectivity index (χ4v) is 0.504. The Bertz CT molecular complexity index is 141. The summed E-state index contributed by atoms with van der Waals surface area (Å²) in [5.74, 6) is -4.67. The van der Waals surface area contributed by atoms with Gasteiger partial charge in [-0.3, -0.25) is 0 Å². The van der Waals surface area contributed by atoms with E-state index >= 15 is 0 Å². The third-order valence-corrected chi connectivity index (χ3v) is 1.10. The molecule has 0 aliphatic carbocycles. The lowest BCUT2D eigenvalue weighted by atomic mass is 10.1. The zero-order valence-corrected chi connectivity index (χ0v) is 5.98. The summed E-state index contributed by atoms with van der Waals surface area (Å²) in [4.78, 5) is 9.80. The molecular formula is C6H9F3O2. The molecule has 2 nitrogen and oxygen atoms in total. The number of hydrogen-bond donors (Lipinski definition) is 1. The molecule has 0 aromatic rings. The van der Waals surface area contributed by atoms with Crippen molar-refractivity contribution >= 4 is 5.97 Å². The first-order chi connectivity index (χ1) is 4.83. The molecule has 0 amide bonds. The molecule has 0 aromatic heterocycles. The van der Waals surface area contributed by atoms with E-state index in [4.69, 9.17) is 5.11 Å². The van der Waals surface area contributed by atoms with E-state index in [1.54, 1.807) is 0 Å². The first-order valence-corrected chi connectivity index (χ1v) is 3.07. The summed E-state index contributed by atoms with van der Waals surface area (Å²) in [6.45, 7) is 0.627. The Morgan fingerprint density at radius 1 is 1.64 bits per heavy atom. The second kappa shape index (κ2) is 3.59. The smallest absolute Gasteiger partial charge is 0.338 e. The molecule has 0 aliphatic rings. The molecule has 1 N–H and O–H groups in total. The number of rotatable bonds is 4. The molecule has 0 radical (unpaired) electrons. The highest BCUT2D eigenvalue weighted by Gasteiger charge is 2.25. The first kappa shape index (κ1) is 10.3. The predicted octanol–water partition coefficient (Wildman–Crippen LogP) is 1.84. The van der Waals surface area contributed by atoms with Gasteiger partial charge in [-0.25, -0.2) is 18.0 Å². The average Bonchev–Trinajstić information content (AvgIpc) is 1.80. The van der Waals surface area contributed by atoms with Crippen LogP contribution in [-0.2, 0) is 4.79 Å². The molecule has 11 heavy (non-hydrogen) atoms. The summed E-state index contributed by atoms with van der Waals surface area (Å²) >= 11 is 0. The molecule has 0 rings (SSSR count). The van der Waals surface area contributed by atoms with Crippen LogP contribution in [0.1, 0.15) is 19.8 Å². The van der Waals surface area contributed by atoms with E-state index in [1.165, 1.54) is 0 Å². The number of carboxylic acids is 1. The van der Waals surface area contributed by atoms with Gasteiger partial charge in [0.05, 0.1) is 0 Å². The van der Waals surface area contributed by atoms with Gasteiger partial charge >= 0.3 is 5.97 Å². The van der Waals surface area contributed by atoms with Crippen molar-refractivity contribution in [1.82, 2.24) is 0 Å². The second-order valence-electron chi connectivity index (χ2n) is 2.41. The Hall–Kier alpha value is -0.740. The maximum absolute atomic E-state index is 12.1. The van der Waals surface area contributed by atoms with Gasteiger partial charge in [-0.05, 0) is 13.3 Å². The largest absolute Gasteiger partial charge is 0.479 e. The molecule has 66 valence electrons. The number of carbonyl (C=O) groups is 1. The van der Waals surface area contributed by atoms with E-state index in [2.05, 4.69) is 0 Å². The molecule has 0 fully saturated rings. The van der Waals surface area contributed by atoms with Gasteiger partial charge in [-0.15, -0.1) is 0 Å². The molecule has 0 spiro atoms. The summed E-state index contributed by atoms with van der Waals surface area (Å²) in [5, 5.41) is 7.96. The summed E-state index contributed by atoms with van der Waals surface area (Å²) in [6.07, 6.45) is -3.56. The molecule has 0 aromatic carbocycles. The molecule has 0 saturated carbocycles. The number of aliphatic carboxylic acids is 1. The van der Waals surface area contributed by atoms with Gasteiger partial charge in [0.25, 0.3) is 0 Å². The number of hydrogen-bond acceptors (Lipinski definition) is 1. The van der Waals surface area contributed by atoms with Crippen molar-refractivity contribution in [3.63, 3.8) is 0 Å². The lowest BCUT2D eigenvalue weighted by molar-refractivity contribution is -0.143. The van der Waals surface area contributed by atoms with Crippen LogP contribution < -0.4 is 0 Å². The Kier molecular flexibility index (Phi) is 3.35. The maximum Gasteiger partial charge on any atom is 0.338 e. The van der Waals surface area contributed by atoms with Crippen LogP contribution in [0.5, 0.6) is 0 Å². The Morgan fingerprint density at radius 2 is 2.09 bits per heavy atom. The topological polar surface area (TPSA) is 37.3 Å². The molecular weight excluding hydrogens is 161 g/mol. The van der Waals surface area contributed by atoms with Crippen LogP contribution in [0, 0.1) is 0 Å². The molecule has 0 aliphatic heterocycles. The predicted molar refractivity (Wildman–Crippen MR) is 32.4 cm³/mol. The molecule has 0 bridgehead atoms. The molecule has 1 atom stereocenters. The van der Waals surface area contributed by atoms with Crippen molar-refractivity contribution < 1.29 is 23.1 Å². The van der Waals surface area contributed by atoms with Crippen LogP contribution in [0.2, 0.25) is 0 Å². The van der Waals surface area contributed by atoms with E-state index < -0.39 is 30.9 Å². The molecule has 1 unspecified atom stereocenters. The van der Waals surface area contributed by atoms with Gasteiger partial charge < -0.3 is 5.11 Å². The van der Waals surface area contributed by atoms with E-state index in [-0.39, 0.29) is 0 Å². The minimum atomic E-state index is -2.99. The molecule has 0 saturated heterocycles. The zero-order valence-electron chi connectivity index (χ0n) is 5.98. The number of alkyl halides is 3. The fourth-order valence-electron chi connectivity index (χ4n) is 0.504. The third kappa shape index (κ3) is 5.69. The Labute approximate surface area is 62.0 Å². The van der Waals surface area contributed by atoms with E-state index in [1.807, 2.05) is 0 Å². The van der Waals surface area contributed by atoms with Gasteiger partial charge in [-0.1, -0.05) is 0 Å². The third-order valence-electron chi connectivity index (χ3n) is 1.10. The van der Waals surface area contributed by atoms with Gasteiger partial charge in [0.1, 0.15) is 0 Å². The van der Waals surface area contributed by atoms with E-state index in [0.29, 0.717) is 6.92 Å². The Balaban J connectivity index is 3.63. The van der Waals surface area contributed by atoms with Crippen LogP contribution in [0.3, 0.4) is 0 Å². The van der Waals surface area contributed by atoms with E-state index in [9.17, 15) is 18.0 Å². The van der Waals surface area contributed by atoms with Crippen LogP contribution in [-0.4, -0.2) is 23.2 Å². The minimum Gasteiger partial charge on any atom is -0.479 e. The SMILES string of the molecule is CC(F)(F)CCC(F)C(=O)O. The van der Waals surface area contributed by atoms with Gasteiger partial charge in [0.15, 0.2) is 6.17 Å². The van der Waals surface area contributed by atoms with E-state index in [0.717, 1.165) is 0 Å². The van der Waals surface area contributed by atoms with Crippen LogP contribution in [0.15, 0.2) is 0 Å². The maximum atomic E-state index is 12.1. The Morgan fingerprint density at radius 3 is 2.36 bits per heavy atom.